The van der Waals surface area contributed by atoms with Gasteiger partial charge in [-0.05, 0) is 43.2 Å². The van der Waals surface area contributed by atoms with Crippen molar-refractivity contribution in [3.8, 4) is 5.75 Å². The zero-order chi connectivity index (χ0) is 25.1. The molecule has 1 N–H and O–H groups in total. The fourth-order valence-corrected chi connectivity index (χ4v) is 6.12. The number of methoxy groups -OCH3 is 1. The molecule has 0 aromatic heterocycles. The van der Waals surface area contributed by atoms with Gasteiger partial charge in [-0.1, -0.05) is 6.42 Å². The number of nitrogens with zero attached hydrogens (tertiary/aromatic N) is 2. The van der Waals surface area contributed by atoms with Crippen molar-refractivity contribution in [2.45, 2.75) is 24.2 Å². The van der Waals surface area contributed by atoms with Crippen molar-refractivity contribution < 1.29 is 35.1 Å². The lowest BCUT2D eigenvalue weighted by molar-refractivity contribution is -0.114. The third kappa shape index (κ3) is 5.83. The van der Waals surface area contributed by atoms with Gasteiger partial charge in [0.25, 0.3) is 0 Å². The highest BCUT2D eigenvalue weighted by Gasteiger charge is 2.29. The number of rotatable bonds is 8. The number of carbonyl (C=O) groups is 1. The molecule has 1 aliphatic heterocycles. The maximum absolute atomic E-state index is 13.6. The number of ether oxygens (including phenoxy) is 1. The minimum absolute atomic E-state index is 0.0973. The number of halogens is 2. The highest BCUT2D eigenvalue weighted by atomic mass is 32.2. The van der Waals surface area contributed by atoms with E-state index in [1.807, 2.05) is 0 Å². The van der Waals surface area contributed by atoms with Crippen molar-refractivity contribution in [3.63, 3.8) is 0 Å². The van der Waals surface area contributed by atoms with Crippen LogP contribution in [0, 0.1) is 11.6 Å². The summed E-state index contributed by atoms with van der Waals surface area (Å²) < 4.78 is 84.7. The van der Waals surface area contributed by atoms with Crippen LogP contribution < -0.4 is 14.4 Å². The van der Waals surface area contributed by atoms with Gasteiger partial charge in [0, 0.05) is 24.8 Å². The third-order valence-electron chi connectivity index (χ3n) is 5.26. The Morgan fingerprint density at radius 3 is 2.29 bits per heavy atom. The van der Waals surface area contributed by atoms with Gasteiger partial charge >= 0.3 is 0 Å². The summed E-state index contributed by atoms with van der Waals surface area (Å²) in [5, 5.41) is 2.46. The molecule has 1 fully saturated rings. The van der Waals surface area contributed by atoms with Gasteiger partial charge < -0.3 is 10.1 Å². The highest BCUT2D eigenvalue weighted by molar-refractivity contribution is 7.92. The standard InChI is InChI=1S/C21H25F2N3O6S2/c1-32-19-9-6-15(12-20(19)34(30,31)25-10-4-3-5-11-25)24-21(27)14-26(33(2,28)29)16-7-8-17(22)18(23)13-16/h6-9,12-13H,3-5,10-11,14H2,1-2H3,(H,24,27). The predicted octanol–water partition coefficient (Wildman–Crippen LogP) is 2.55. The van der Waals surface area contributed by atoms with Gasteiger partial charge in [-0.2, -0.15) is 4.31 Å². The normalized spacial score (nSPS) is 15.1. The number of amides is 1. The van der Waals surface area contributed by atoms with Crippen molar-refractivity contribution in [1.29, 1.82) is 0 Å². The molecule has 1 aliphatic rings. The molecule has 0 spiro atoms. The fourth-order valence-electron chi connectivity index (χ4n) is 3.57. The number of hydrogen-bond donors (Lipinski definition) is 1. The van der Waals surface area contributed by atoms with Crippen molar-refractivity contribution in [1.82, 2.24) is 4.31 Å². The van der Waals surface area contributed by atoms with E-state index in [1.54, 1.807) is 0 Å². The minimum atomic E-state index is -4.03. The van der Waals surface area contributed by atoms with Crippen LogP contribution in [0.1, 0.15) is 19.3 Å². The second kappa shape index (κ2) is 10.2. The largest absolute Gasteiger partial charge is 0.495 e. The number of carbonyl (C=O) groups excluding carboxylic acids is 1. The molecule has 34 heavy (non-hydrogen) atoms. The van der Waals surface area contributed by atoms with E-state index >= 15 is 0 Å². The summed E-state index contributed by atoms with van der Waals surface area (Å²) in [6, 6.07) is 6.49. The SMILES string of the molecule is COc1ccc(NC(=O)CN(c2ccc(F)c(F)c2)S(C)(=O)=O)cc1S(=O)(=O)N1CCCCC1. The van der Waals surface area contributed by atoms with Gasteiger partial charge in [0.05, 0.1) is 19.1 Å². The van der Waals surface area contributed by atoms with E-state index in [1.165, 1.54) is 29.6 Å². The lowest BCUT2D eigenvalue weighted by atomic mass is 10.2. The maximum Gasteiger partial charge on any atom is 0.246 e. The molecule has 2 aromatic rings. The van der Waals surface area contributed by atoms with Crippen molar-refractivity contribution in [2.75, 3.05) is 42.6 Å². The van der Waals surface area contributed by atoms with E-state index in [9.17, 15) is 30.4 Å². The topological polar surface area (TPSA) is 113 Å². The summed E-state index contributed by atoms with van der Waals surface area (Å²) >= 11 is 0. The van der Waals surface area contributed by atoms with Gasteiger partial charge in [0.15, 0.2) is 11.6 Å². The molecule has 1 amide bonds. The fraction of sp³-hybridized carbons (Fsp3) is 0.381. The van der Waals surface area contributed by atoms with Crippen LogP contribution in [0.3, 0.4) is 0 Å². The summed E-state index contributed by atoms with van der Waals surface area (Å²) in [7, 11) is -6.59. The highest BCUT2D eigenvalue weighted by Crippen LogP contribution is 2.31. The first-order valence-corrected chi connectivity index (χ1v) is 13.6. The molecule has 13 heteroatoms. The zero-order valence-corrected chi connectivity index (χ0v) is 20.3. The van der Waals surface area contributed by atoms with Crippen LogP contribution in [0.5, 0.6) is 5.75 Å². The van der Waals surface area contributed by atoms with Crippen molar-refractivity contribution in [2.24, 2.45) is 0 Å². The van der Waals surface area contributed by atoms with Crippen LogP contribution >= 0.6 is 0 Å². The summed E-state index contributed by atoms with van der Waals surface area (Å²) in [6.07, 6.45) is 3.23. The molecule has 9 nitrogen and oxygen atoms in total. The van der Waals surface area contributed by atoms with E-state index < -0.39 is 44.1 Å². The molecule has 2 aromatic carbocycles. The maximum atomic E-state index is 13.6. The molecule has 0 saturated carbocycles. The number of nitrogens with one attached hydrogen (secondary N) is 1. The molecule has 0 radical (unpaired) electrons. The van der Waals surface area contributed by atoms with Crippen molar-refractivity contribution in [3.05, 3.63) is 48.0 Å². The molecule has 0 aliphatic carbocycles. The Kier molecular flexibility index (Phi) is 7.78. The van der Waals surface area contributed by atoms with E-state index in [0.717, 1.165) is 37.7 Å². The monoisotopic (exact) mass is 517 g/mol. The van der Waals surface area contributed by atoms with Crippen LogP contribution in [0.25, 0.3) is 0 Å². The van der Waals surface area contributed by atoms with Gasteiger partial charge in [-0.15, -0.1) is 0 Å². The Morgan fingerprint density at radius 1 is 1.03 bits per heavy atom. The Morgan fingerprint density at radius 2 is 1.71 bits per heavy atom. The van der Waals surface area contributed by atoms with E-state index in [4.69, 9.17) is 4.74 Å². The quantitative estimate of drug-likeness (QED) is 0.576. The number of anilines is 2. The molecule has 186 valence electrons. The lowest BCUT2D eigenvalue weighted by Crippen LogP contribution is -2.37. The van der Waals surface area contributed by atoms with Gasteiger partial charge in [-0.25, -0.2) is 25.6 Å². The Labute approximate surface area is 197 Å². The van der Waals surface area contributed by atoms with Crippen LogP contribution in [0.15, 0.2) is 41.3 Å². The number of benzene rings is 2. The predicted molar refractivity (Wildman–Crippen MR) is 123 cm³/mol. The van der Waals surface area contributed by atoms with Gasteiger partial charge in [0.1, 0.15) is 17.2 Å². The number of sulfonamides is 2. The van der Waals surface area contributed by atoms with E-state index in [0.29, 0.717) is 23.5 Å². The van der Waals surface area contributed by atoms with Gasteiger partial charge in [-0.3, -0.25) is 9.10 Å². The summed E-state index contributed by atoms with van der Waals surface area (Å²) in [5.41, 5.74) is -0.139. The Hall–Kier alpha value is -2.77. The molecule has 1 heterocycles. The zero-order valence-electron chi connectivity index (χ0n) is 18.6. The second-order valence-corrected chi connectivity index (χ2v) is 11.6. The lowest BCUT2D eigenvalue weighted by Gasteiger charge is -2.26. The number of hydrogen-bond acceptors (Lipinski definition) is 6. The molecular weight excluding hydrogens is 492 g/mol. The molecule has 3 rings (SSSR count). The first-order valence-electron chi connectivity index (χ1n) is 10.3. The summed E-state index contributed by atoms with van der Waals surface area (Å²) in [4.78, 5) is 12.5. The molecule has 0 atom stereocenters. The number of piperidine rings is 1. The molecule has 1 saturated heterocycles. The van der Waals surface area contributed by atoms with E-state index in [-0.39, 0.29) is 22.0 Å². The van der Waals surface area contributed by atoms with Crippen LogP contribution in [-0.2, 0) is 24.8 Å². The first-order chi connectivity index (χ1) is 15.9. The Bertz CT molecular complexity index is 1280. The molecule has 0 unspecified atom stereocenters. The molecular formula is C21H25F2N3O6S2. The summed E-state index contributed by atoms with van der Waals surface area (Å²) in [5.74, 6) is -3.15. The van der Waals surface area contributed by atoms with E-state index in [2.05, 4.69) is 5.32 Å². The first kappa shape index (κ1) is 25.8. The third-order valence-corrected chi connectivity index (χ3v) is 8.32. The van der Waals surface area contributed by atoms with Gasteiger partial charge in [0.2, 0.25) is 26.0 Å². The Balaban J connectivity index is 1.86. The second-order valence-electron chi connectivity index (χ2n) is 7.75. The van der Waals surface area contributed by atoms with Crippen LogP contribution in [0.2, 0.25) is 0 Å². The smallest absolute Gasteiger partial charge is 0.246 e. The average molecular weight is 518 g/mol. The van der Waals surface area contributed by atoms with Crippen molar-refractivity contribution >= 4 is 37.3 Å². The summed E-state index contributed by atoms with van der Waals surface area (Å²) in [6.45, 7) is 0.00336. The average Bonchev–Trinajstić information content (AvgIpc) is 2.79. The minimum Gasteiger partial charge on any atom is -0.495 e. The van der Waals surface area contributed by atoms with Crippen LogP contribution in [-0.4, -0.2) is 60.0 Å². The molecule has 0 bridgehead atoms. The van der Waals surface area contributed by atoms with Crippen LogP contribution in [0.4, 0.5) is 20.2 Å².